The standard InChI is InChI=1S/C19H18ClN5O2S.ClH/c1-25-5-4-14-16(9-25)28-19(24-14)18(27)22-8-12(21)17(26)15-7-10-6-11(20)2-3-13(10)23-15;/h2-3,6-8,23H,4-5,9,21H2,1H3,(H,22,27);1H/b12-8+;. The number of aromatic amines is 1. The number of halogens is 2. The Morgan fingerprint density at radius 3 is 2.97 bits per heavy atom. The lowest BCUT2D eigenvalue weighted by Crippen LogP contribution is -2.25. The largest absolute Gasteiger partial charge is 0.394 e. The van der Waals surface area contributed by atoms with Crippen molar-refractivity contribution in [1.29, 1.82) is 0 Å². The number of thiazole rings is 1. The molecule has 0 saturated carbocycles. The summed E-state index contributed by atoms with van der Waals surface area (Å²) in [6, 6.07) is 6.96. The van der Waals surface area contributed by atoms with Crippen LogP contribution in [0.3, 0.4) is 0 Å². The van der Waals surface area contributed by atoms with Gasteiger partial charge in [-0.1, -0.05) is 11.6 Å². The fourth-order valence-electron chi connectivity index (χ4n) is 3.07. The number of fused-ring (bicyclic) bond motifs is 2. The molecule has 1 aromatic carbocycles. The van der Waals surface area contributed by atoms with Crippen molar-refractivity contribution in [3.8, 4) is 0 Å². The van der Waals surface area contributed by atoms with Gasteiger partial charge in [-0.2, -0.15) is 0 Å². The minimum Gasteiger partial charge on any atom is -0.394 e. The Kier molecular flexibility index (Phi) is 6.28. The molecule has 0 radical (unpaired) electrons. The summed E-state index contributed by atoms with van der Waals surface area (Å²) < 4.78 is 0. The van der Waals surface area contributed by atoms with E-state index in [9.17, 15) is 9.59 Å². The van der Waals surface area contributed by atoms with Gasteiger partial charge in [0.15, 0.2) is 5.01 Å². The molecule has 4 N–H and O–H groups in total. The molecule has 3 heterocycles. The molecule has 0 spiro atoms. The van der Waals surface area contributed by atoms with Gasteiger partial charge in [0.1, 0.15) is 0 Å². The van der Waals surface area contributed by atoms with Gasteiger partial charge in [-0.05, 0) is 31.3 Å². The van der Waals surface area contributed by atoms with Crippen molar-refractivity contribution >= 4 is 57.9 Å². The predicted octanol–water partition coefficient (Wildman–Crippen LogP) is 3.10. The van der Waals surface area contributed by atoms with Gasteiger partial charge >= 0.3 is 0 Å². The molecule has 0 aliphatic carbocycles. The Morgan fingerprint density at radius 2 is 2.17 bits per heavy atom. The fraction of sp³-hybridized carbons (Fsp3) is 0.211. The highest BCUT2D eigenvalue weighted by Crippen LogP contribution is 2.24. The lowest BCUT2D eigenvalue weighted by atomic mass is 10.2. The van der Waals surface area contributed by atoms with E-state index < -0.39 is 5.78 Å². The zero-order valence-corrected chi connectivity index (χ0v) is 17.9. The molecular formula is C19H19Cl2N5O2S. The number of Topliss-reactive ketones (excluding diaryl/α,β-unsaturated/α-hetero) is 1. The van der Waals surface area contributed by atoms with Crippen LogP contribution in [0.4, 0.5) is 0 Å². The minimum atomic E-state index is -0.410. The molecule has 7 nitrogen and oxygen atoms in total. The highest BCUT2D eigenvalue weighted by molar-refractivity contribution is 7.13. The molecule has 2 aromatic heterocycles. The van der Waals surface area contributed by atoms with E-state index in [1.165, 1.54) is 17.5 Å². The summed E-state index contributed by atoms with van der Waals surface area (Å²) in [6.07, 6.45) is 2.05. The maximum atomic E-state index is 12.5. The van der Waals surface area contributed by atoms with E-state index in [-0.39, 0.29) is 24.0 Å². The number of aromatic nitrogens is 2. The topological polar surface area (TPSA) is 104 Å². The predicted molar refractivity (Wildman–Crippen MR) is 117 cm³/mol. The molecule has 0 atom stereocenters. The highest BCUT2D eigenvalue weighted by atomic mass is 35.5. The SMILES string of the molecule is CN1CCc2nc(C(=O)N/C=C(/N)C(=O)c3cc4cc(Cl)ccc4[nH]3)sc2C1.Cl. The molecule has 1 amide bonds. The van der Waals surface area contributed by atoms with Crippen LogP contribution in [0.15, 0.2) is 36.2 Å². The number of hydrogen-bond acceptors (Lipinski definition) is 6. The van der Waals surface area contributed by atoms with Crippen LogP contribution in [-0.4, -0.2) is 40.2 Å². The number of amides is 1. The van der Waals surface area contributed by atoms with Gasteiger partial charge in [0.25, 0.3) is 5.91 Å². The van der Waals surface area contributed by atoms with Crippen molar-refractivity contribution in [3.63, 3.8) is 0 Å². The van der Waals surface area contributed by atoms with Gasteiger partial charge in [0, 0.05) is 46.5 Å². The first-order chi connectivity index (χ1) is 13.4. The van der Waals surface area contributed by atoms with Gasteiger partial charge in [-0.25, -0.2) is 4.98 Å². The van der Waals surface area contributed by atoms with Gasteiger partial charge in [0.2, 0.25) is 5.78 Å². The van der Waals surface area contributed by atoms with Crippen LogP contribution in [0.2, 0.25) is 5.02 Å². The third-order valence-electron chi connectivity index (χ3n) is 4.56. The Bertz CT molecular complexity index is 1120. The van der Waals surface area contributed by atoms with Crippen LogP contribution in [0.1, 0.15) is 30.9 Å². The normalized spacial score (nSPS) is 14.3. The lowest BCUT2D eigenvalue weighted by Gasteiger charge is -2.20. The summed E-state index contributed by atoms with van der Waals surface area (Å²) in [6.45, 7) is 1.72. The number of nitrogens with two attached hydrogens (primary N) is 1. The monoisotopic (exact) mass is 451 g/mol. The second-order valence-corrected chi connectivity index (χ2v) is 8.21. The van der Waals surface area contributed by atoms with Crippen LogP contribution < -0.4 is 11.1 Å². The summed E-state index contributed by atoms with van der Waals surface area (Å²) in [5.41, 5.74) is 7.87. The van der Waals surface area contributed by atoms with Crippen molar-refractivity contribution in [2.24, 2.45) is 5.73 Å². The van der Waals surface area contributed by atoms with Crippen molar-refractivity contribution in [1.82, 2.24) is 20.2 Å². The van der Waals surface area contributed by atoms with Crippen LogP contribution >= 0.6 is 35.3 Å². The van der Waals surface area contributed by atoms with Crippen LogP contribution in [0.25, 0.3) is 10.9 Å². The van der Waals surface area contributed by atoms with E-state index in [0.29, 0.717) is 15.7 Å². The van der Waals surface area contributed by atoms with E-state index in [0.717, 1.165) is 41.0 Å². The zero-order chi connectivity index (χ0) is 19.8. The van der Waals surface area contributed by atoms with Gasteiger partial charge < -0.3 is 20.9 Å². The van der Waals surface area contributed by atoms with Crippen molar-refractivity contribution in [2.45, 2.75) is 13.0 Å². The lowest BCUT2D eigenvalue weighted by molar-refractivity contribution is 0.0969. The van der Waals surface area contributed by atoms with E-state index in [2.05, 4.69) is 20.2 Å². The first-order valence-corrected chi connectivity index (χ1v) is 9.87. The maximum absolute atomic E-state index is 12.5. The summed E-state index contributed by atoms with van der Waals surface area (Å²) >= 11 is 7.34. The van der Waals surface area contributed by atoms with Crippen LogP contribution in [0.5, 0.6) is 0 Å². The molecule has 0 unspecified atom stereocenters. The number of rotatable bonds is 4. The molecule has 10 heteroatoms. The molecule has 29 heavy (non-hydrogen) atoms. The quantitative estimate of drug-likeness (QED) is 0.417. The number of likely N-dealkylation sites (N-methyl/N-ethyl adjacent to an activating group) is 1. The number of carbonyl (C=O) groups is 2. The van der Waals surface area contributed by atoms with Gasteiger partial charge in [-0.15, -0.1) is 23.7 Å². The third kappa shape index (κ3) is 4.45. The first kappa shape index (κ1) is 21.3. The van der Waals surface area contributed by atoms with E-state index in [4.69, 9.17) is 17.3 Å². The number of benzene rings is 1. The van der Waals surface area contributed by atoms with E-state index in [1.807, 2.05) is 7.05 Å². The van der Waals surface area contributed by atoms with Gasteiger partial charge in [0.05, 0.1) is 17.1 Å². The first-order valence-electron chi connectivity index (χ1n) is 8.67. The number of allylic oxidation sites excluding steroid dienone is 1. The number of carbonyl (C=O) groups excluding carboxylic acids is 2. The second-order valence-electron chi connectivity index (χ2n) is 6.69. The summed E-state index contributed by atoms with van der Waals surface area (Å²) in [5, 5.41) is 4.33. The minimum absolute atomic E-state index is 0. The Labute approximate surface area is 182 Å². The molecule has 0 fully saturated rings. The molecule has 1 aliphatic heterocycles. The molecule has 0 bridgehead atoms. The van der Waals surface area contributed by atoms with Crippen LogP contribution in [-0.2, 0) is 13.0 Å². The van der Waals surface area contributed by atoms with Crippen molar-refractivity contribution in [2.75, 3.05) is 13.6 Å². The van der Waals surface area contributed by atoms with Crippen molar-refractivity contribution in [3.05, 3.63) is 62.5 Å². The Morgan fingerprint density at radius 1 is 1.38 bits per heavy atom. The Balaban J connectivity index is 0.00000240. The van der Waals surface area contributed by atoms with Crippen LogP contribution in [0, 0.1) is 0 Å². The number of hydrogen-bond donors (Lipinski definition) is 3. The fourth-order valence-corrected chi connectivity index (χ4v) is 4.34. The Hall–Kier alpha value is -2.39. The molecular weight excluding hydrogens is 433 g/mol. The summed E-state index contributed by atoms with van der Waals surface area (Å²) in [7, 11) is 2.04. The van der Waals surface area contributed by atoms with Crippen molar-refractivity contribution < 1.29 is 9.59 Å². The average molecular weight is 452 g/mol. The number of nitrogens with one attached hydrogen (secondary N) is 2. The molecule has 1 aliphatic rings. The second kappa shape index (κ2) is 8.54. The molecule has 0 saturated heterocycles. The molecule has 4 rings (SSSR count). The van der Waals surface area contributed by atoms with E-state index in [1.54, 1.807) is 24.3 Å². The summed E-state index contributed by atoms with van der Waals surface area (Å²) in [5.74, 6) is -0.783. The highest BCUT2D eigenvalue weighted by Gasteiger charge is 2.21. The number of H-pyrrole nitrogens is 1. The van der Waals surface area contributed by atoms with E-state index >= 15 is 0 Å². The number of ketones is 1. The molecule has 3 aromatic rings. The molecule has 152 valence electrons. The average Bonchev–Trinajstić information content (AvgIpc) is 3.28. The maximum Gasteiger partial charge on any atom is 0.284 e. The number of nitrogens with zero attached hydrogens (tertiary/aromatic N) is 2. The smallest absolute Gasteiger partial charge is 0.284 e. The summed E-state index contributed by atoms with van der Waals surface area (Å²) in [4.78, 5) is 35.6. The third-order valence-corrected chi connectivity index (χ3v) is 5.88. The zero-order valence-electron chi connectivity index (χ0n) is 15.5. The van der Waals surface area contributed by atoms with Gasteiger partial charge in [-0.3, -0.25) is 9.59 Å².